The highest BCUT2D eigenvalue weighted by Crippen LogP contribution is 2.25. The zero-order valence-corrected chi connectivity index (χ0v) is 18.0. The van der Waals surface area contributed by atoms with Crippen LogP contribution in [0.2, 0.25) is 0 Å². The van der Waals surface area contributed by atoms with Crippen LogP contribution in [0.1, 0.15) is 36.5 Å². The molecule has 0 saturated carbocycles. The first-order valence-electron chi connectivity index (χ1n) is 10.9. The molecule has 1 amide bonds. The Morgan fingerprint density at radius 3 is 2.47 bits per heavy atom. The molecule has 2 aromatic carbocycles. The first kappa shape index (κ1) is 21.5. The van der Waals surface area contributed by atoms with Crippen molar-refractivity contribution in [1.29, 1.82) is 0 Å². The molecule has 1 N–H and O–H groups in total. The summed E-state index contributed by atoms with van der Waals surface area (Å²) in [7, 11) is 0. The fraction of sp³-hybridized carbons (Fsp3) is 0.333. The Morgan fingerprint density at radius 1 is 1.03 bits per heavy atom. The molecule has 32 heavy (non-hydrogen) atoms. The maximum absolute atomic E-state index is 12.9. The Morgan fingerprint density at radius 2 is 1.75 bits per heavy atom. The Hall–Kier alpha value is -3.68. The molecule has 2 heterocycles. The Balaban J connectivity index is 1.55. The summed E-state index contributed by atoms with van der Waals surface area (Å²) in [5.74, 6) is -0.0755. The van der Waals surface area contributed by atoms with Gasteiger partial charge in [0.05, 0.1) is 17.7 Å². The molecule has 166 valence electrons. The van der Waals surface area contributed by atoms with E-state index < -0.39 is 11.7 Å². The summed E-state index contributed by atoms with van der Waals surface area (Å²) >= 11 is 0. The summed E-state index contributed by atoms with van der Waals surface area (Å²) in [6.45, 7) is 3.63. The normalized spacial score (nSPS) is 13.7. The topological polar surface area (TPSA) is 93.5 Å². The zero-order chi connectivity index (χ0) is 22.5. The second-order valence-corrected chi connectivity index (χ2v) is 7.71. The number of amides is 1. The average molecular weight is 434 g/mol. The molecule has 1 saturated heterocycles. The minimum atomic E-state index is -0.447. The maximum Gasteiger partial charge on any atom is 0.350 e. The molecule has 0 bridgehead atoms. The average Bonchev–Trinajstić information content (AvgIpc) is 2.82. The number of fused-ring (bicyclic) bond motifs is 1. The fourth-order valence-corrected chi connectivity index (χ4v) is 3.96. The van der Waals surface area contributed by atoms with Crippen LogP contribution in [0.25, 0.3) is 10.9 Å². The number of carbonyl (C=O) groups excluding carboxylic acids is 2. The number of nitrogens with zero attached hydrogens (tertiary/aromatic N) is 3. The maximum atomic E-state index is 12.9. The van der Waals surface area contributed by atoms with E-state index in [-0.39, 0.29) is 12.5 Å². The highest BCUT2D eigenvalue weighted by atomic mass is 16.5. The lowest BCUT2D eigenvalue weighted by atomic mass is 10.1. The van der Waals surface area contributed by atoms with E-state index in [0.29, 0.717) is 29.2 Å². The first-order valence-corrected chi connectivity index (χ1v) is 10.9. The van der Waals surface area contributed by atoms with Crippen molar-refractivity contribution in [1.82, 2.24) is 9.55 Å². The second kappa shape index (κ2) is 9.64. The Bertz CT molecular complexity index is 1180. The molecule has 0 radical (unpaired) electrons. The van der Waals surface area contributed by atoms with Crippen molar-refractivity contribution >= 4 is 34.3 Å². The van der Waals surface area contributed by atoms with Gasteiger partial charge in [0.1, 0.15) is 12.4 Å². The van der Waals surface area contributed by atoms with Crippen LogP contribution in [0.3, 0.4) is 0 Å². The van der Waals surface area contributed by atoms with Crippen molar-refractivity contribution in [3.63, 3.8) is 0 Å². The van der Waals surface area contributed by atoms with E-state index in [0.717, 1.165) is 31.3 Å². The number of para-hydroxylation sites is 1. The number of hydrogen-bond acceptors (Lipinski definition) is 6. The third-order valence-electron chi connectivity index (χ3n) is 5.51. The van der Waals surface area contributed by atoms with Crippen LogP contribution in [-0.2, 0) is 16.1 Å². The van der Waals surface area contributed by atoms with Crippen LogP contribution in [0.5, 0.6) is 0 Å². The smallest absolute Gasteiger partial charge is 0.350 e. The van der Waals surface area contributed by atoms with Crippen LogP contribution in [0.4, 0.5) is 11.5 Å². The van der Waals surface area contributed by atoms with E-state index in [1.54, 1.807) is 31.2 Å². The molecule has 1 fully saturated rings. The first-order chi connectivity index (χ1) is 15.6. The van der Waals surface area contributed by atoms with Crippen LogP contribution < -0.4 is 15.9 Å². The molecule has 0 unspecified atom stereocenters. The lowest BCUT2D eigenvalue weighted by Crippen LogP contribution is -2.35. The van der Waals surface area contributed by atoms with Crippen molar-refractivity contribution in [2.24, 2.45) is 0 Å². The van der Waals surface area contributed by atoms with E-state index in [1.807, 2.05) is 24.3 Å². The van der Waals surface area contributed by atoms with Crippen LogP contribution in [-0.4, -0.2) is 41.1 Å². The summed E-state index contributed by atoms with van der Waals surface area (Å²) in [5.41, 5.74) is 1.17. The number of benzene rings is 2. The molecule has 0 atom stereocenters. The van der Waals surface area contributed by atoms with Gasteiger partial charge in [0.25, 0.3) is 0 Å². The highest BCUT2D eigenvalue weighted by molar-refractivity contribution is 5.95. The van der Waals surface area contributed by atoms with Gasteiger partial charge in [0.15, 0.2) is 0 Å². The monoisotopic (exact) mass is 434 g/mol. The summed E-state index contributed by atoms with van der Waals surface area (Å²) in [6, 6.07) is 14.0. The lowest BCUT2D eigenvalue weighted by molar-refractivity contribution is -0.116. The number of carbonyl (C=O) groups is 2. The van der Waals surface area contributed by atoms with Gasteiger partial charge in [0.2, 0.25) is 5.91 Å². The number of piperidine rings is 1. The third-order valence-corrected chi connectivity index (χ3v) is 5.51. The molecular weight excluding hydrogens is 408 g/mol. The molecule has 8 heteroatoms. The van der Waals surface area contributed by atoms with Crippen molar-refractivity contribution in [2.45, 2.75) is 32.7 Å². The minimum absolute atomic E-state index is 0.160. The Kier molecular flexibility index (Phi) is 6.49. The molecule has 1 aliphatic heterocycles. The predicted molar refractivity (Wildman–Crippen MR) is 123 cm³/mol. The van der Waals surface area contributed by atoms with Gasteiger partial charge in [0, 0.05) is 24.2 Å². The van der Waals surface area contributed by atoms with E-state index in [1.165, 1.54) is 11.0 Å². The number of esters is 1. The van der Waals surface area contributed by atoms with Crippen LogP contribution in [0, 0.1) is 0 Å². The van der Waals surface area contributed by atoms with Gasteiger partial charge < -0.3 is 15.0 Å². The van der Waals surface area contributed by atoms with E-state index in [2.05, 4.69) is 15.2 Å². The van der Waals surface area contributed by atoms with Crippen LogP contribution in [0.15, 0.2) is 53.3 Å². The summed E-state index contributed by atoms with van der Waals surface area (Å²) in [5, 5.41) is 3.63. The summed E-state index contributed by atoms with van der Waals surface area (Å²) in [6.07, 6.45) is 3.35. The van der Waals surface area contributed by atoms with Gasteiger partial charge in [-0.2, -0.15) is 4.98 Å². The van der Waals surface area contributed by atoms with E-state index in [9.17, 15) is 14.4 Å². The molecule has 3 aromatic rings. The quantitative estimate of drug-likeness (QED) is 0.599. The molecular formula is C24H26N4O4. The number of ether oxygens (including phenoxy) is 1. The number of hydrogen-bond donors (Lipinski definition) is 1. The fourth-order valence-electron chi connectivity index (χ4n) is 3.96. The second-order valence-electron chi connectivity index (χ2n) is 7.71. The molecule has 0 aliphatic carbocycles. The molecule has 1 aromatic heterocycles. The van der Waals surface area contributed by atoms with Crippen molar-refractivity contribution < 1.29 is 14.3 Å². The Labute approximate surface area is 185 Å². The van der Waals surface area contributed by atoms with Gasteiger partial charge in [-0.15, -0.1) is 0 Å². The number of rotatable bonds is 6. The van der Waals surface area contributed by atoms with Crippen molar-refractivity contribution in [3.8, 4) is 0 Å². The highest BCUT2D eigenvalue weighted by Gasteiger charge is 2.19. The molecule has 1 aliphatic rings. The van der Waals surface area contributed by atoms with Crippen molar-refractivity contribution in [2.75, 3.05) is 29.9 Å². The van der Waals surface area contributed by atoms with Gasteiger partial charge in [-0.3, -0.25) is 9.36 Å². The SMILES string of the molecule is CCOC(=O)c1ccc(NC(=O)Cn2c(=O)nc(N3CCCCC3)c3ccccc32)cc1. The standard InChI is InChI=1S/C24H26N4O4/c1-2-32-23(30)17-10-12-18(13-11-17)25-21(29)16-28-20-9-5-4-8-19(20)22(26-24(28)31)27-14-6-3-7-15-27/h4-5,8-13H,2-3,6-7,14-16H2,1H3,(H,25,29). The molecule has 4 rings (SSSR count). The number of nitrogens with one attached hydrogen (secondary N) is 1. The van der Waals surface area contributed by atoms with Gasteiger partial charge in [-0.05, 0) is 62.6 Å². The lowest BCUT2D eigenvalue weighted by Gasteiger charge is -2.28. The van der Waals surface area contributed by atoms with Crippen LogP contribution >= 0.6 is 0 Å². The molecule has 8 nitrogen and oxygen atoms in total. The zero-order valence-electron chi connectivity index (χ0n) is 18.0. The summed E-state index contributed by atoms with van der Waals surface area (Å²) < 4.78 is 6.35. The van der Waals surface area contributed by atoms with Gasteiger partial charge in [-0.25, -0.2) is 9.59 Å². The predicted octanol–water partition coefficient (Wildman–Crippen LogP) is 3.20. The van der Waals surface area contributed by atoms with Crippen molar-refractivity contribution in [3.05, 3.63) is 64.6 Å². The van der Waals surface area contributed by atoms with Gasteiger partial charge in [-0.1, -0.05) is 12.1 Å². The minimum Gasteiger partial charge on any atom is -0.462 e. The molecule has 0 spiro atoms. The van der Waals surface area contributed by atoms with E-state index >= 15 is 0 Å². The largest absolute Gasteiger partial charge is 0.462 e. The number of anilines is 2. The summed E-state index contributed by atoms with van der Waals surface area (Å²) in [4.78, 5) is 43.8. The van der Waals surface area contributed by atoms with Gasteiger partial charge >= 0.3 is 11.7 Å². The third kappa shape index (κ3) is 4.64. The number of aromatic nitrogens is 2. The van der Waals surface area contributed by atoms with E-state index in [4.69, 9.17) is 4.74 Å².